The van der Waals surface area contributed by atoms with E-state index in [9.17, 15) is 13.6 Å². The van der Waals surface area contributed by atoms with Crippen molar-refractivity contribution in [2.24, 2.45) is 5.73 Å². The van der Waals surface area contributed by atoms with Gasteiger partial charge in [0.25, 0.3) is 12.3 Å². The van der Waals surface area contributed by atoms with Crippen molar-refractivity contribution in [1.82, 2.24) is 0 Å². The topological polar surface area (TPSA) is 64.3 Å². The van der Waals surface area contributed by atoms with Gasteiger partial charge >= 0.3 is 0 Å². The lowest BCUT2D eigenvalue weighted by Gasteiger charge is -2.13. The normalized spacial score (nSPS) is 12.5. The number of ether oxygens (including phenoxy) is 1. The maximum absolute atomic E-state index is 11.9. The predicted molar refractivity (Wildman–Crippen MR) is 64.4 cm³/mol. The Kier molecular flexibility index (Phi) is 5.67. The van der Waals surface area contributed by atoms with Crippen LogP contribution in [0.25, 0.3) is 0 Å². The molecule has 0 radical (unpaired) electrons. The first-order valence-corrected chi connectivity index (χ1v) is 5.52. The van der Waals surface area contributed by atoms with E-state index in [1.54, 1.807) is 24.3 Å². The van der Waals surface area contributed by atoms with Crippen molar-refractivity contribution in [2.45, 2.75) is 26.0 Å². The van der Waals surface area contributed by atoms with Crippen molar-refractivity contribution in [2.75, 3.05) is 11.9 Å². The lowest BCUT2D eigenvalue weighted by atomic mass is 10.2. The van der Waals surface area contributed by atoms with Gasteiger partial charge in [-0.25, -0.2) is 8.78 Å². The third-order valence-electron chi connectivity index (χ3n) is 2.30. The van der Waals surface area contributed by atoms with Gasteiger partial charge in [-0.2, -0.15) is 0 Å². The number of carbonyl (C=O) groups is 1. The summed E-state index contributed by atoms with van der Waals surface area (Å²) in [6, 6.07) is 6.94. The standard InChI is InChI=1S/C12H16F2N2O2/c1-8(18-7-11(13)14)12(17)16-10-4-2-9(6-15)3-5-10/h2-5,8,11H,6-7,15H2,1H3,(H,16,17). The molecule has 18 heavy (non-hydrogen) atoms. The van der Waals surface area contributed by atoms with E-state index in [4.69, 9.17) is 10.5 Å². The maximum Gasteiger partial charge on any atom is 0.261 e. The number of anilines is 1. The van der Waals surface area contributed by atoms with Crippen LogP contribution in [0.2, 0.25) is 0 Å². The second kappa shape index (κ2) is 7.03. The molecule has 0 spiro atoms. The Morgan fingerprint density at radius 3 is 2.50 bits per heavy atom. The number of nitrogens with two attached hydrogens (primary N) is 1. The number of carbonyl (C=O) groups excluding carboxylic acids is 1. The van der Waals surface area contributed by atoms with E-state index in [2.05, 4.69) is 5.32 Å². The lowest BCUT2D eigenvalue weighted by molar-refractivity contribution is -0.128. The van der Waals surface area contributed by atoms with Gasteiger partial charge < -0.3 is 15.8 Å². The molecule has 100 valence electrons. The van der Waals surface area contributed by atoms with Crippen LogP contribution in [-0.2, 0) is 16.1 Å². The molecule has 0 aromatic heterocycles. The Morgan fingerprint density at radius 1 is 1.39 bits per heavy atom. The largest absolute Gasteiger partial charge is 0.363 e. The smallest absolute Gasteiger partial charge is 0.261 e. The molecule has 1 rings (SSSR count). The summed E-state index contributed by atoms with van der Waals surface area (Å²) in [6.45, 7) is 1.09. The van der Waals surface area contributed by atoms with Gasteiger partial charge in [-0.3, -0.25) is 4.79 Å². The quantitative estimate of drug-likeness (QED) is 0.817. The molecular weight excluding hydrogens is 242 g/mol. The van der Waals surface area contributed by atoms with Crippen LogP contribution in [0.1, 0.15) is 12.5 Å². The summed E-state index contributed by atoms with van der Waals surface area (Å²) in [5.74, 6) is -0.462. The Bertz CT molecular complexity index is 382. The van der Waals surface area contributed by atoms with Gasteiger partial charge in [0.05, 0.1) is 0 Å². The minimum atomic E-state index is -2.58. The number of benzene rings is 1. The Morgan fingerprint density at radius 2 is 2.00 bits per heavy atom. The monoisotopic (exact) mass is 258 g/mol. The van der Waals surface area contributed by atoms with E-state index in [0.717, 1.165) is 5.56 Å². The van der Waals surface area contributed by atoms with E-state index in [1.807, 2.05) is 0 Å². The summed E-state index contributed by atoms with van der Waals surface area (Å²) in [7, 11) is 0. The molecule has 4 nitrogen and oxygen atoms in total. The molecule has 1 aromatic rings. The zero-order valence-corrected chi connectivity index (χ0v) is 10.0. The molecule has 0 aliphatic rings. The summed E-state index contributed by atoms with van der Waals surface area (Å²) in [6.07, 6.45) is -3.50. The van der Waals surface area contributed by atoms with E-state index >= 15 is 0 Å². The first-order chi connectivity index (χ1) is 8.52. The summed E-state index contributed by atoms with van der Waals surface area (Å²) >= 11 is 0. The average molecular weight is 258 g/mol. The molecule has 0 aliphatic carbocycles. The summed E-state index contributed by atoms with van der Waals surface area (Å²) in [4.78, 5) is 11.6. The SMILES string of the molecule is CC(OCC(F)F)C(=O)Nc1ccc(CN)cc1. The van der Waals surface area contributed by atoms with Crippen LogP contribution >= 0.6 is 0 Å². The fourth-order valence-corrected chi connectivity index (χ4v) is 1.26. The van der Waals surface area contributed by atoms with Gasteiger partial charge in [-0.05, 0) is 24.6 Å². The minimum Gasteiger partial charge on any atom is -0.363 e. The molecule has 1 amide bonds. The van der Waals surface area contributed by atoms with Crippen molar-refractivity contribution in [3.8, 4) is 0 Å². The molecule has 1 atom stereocenters. The summed E-state index contributed by atoms with van der Waals surface area (Å²) < 4.78 is 28.5. The molecule has 0 aliphatic heterocycles. The van der Waals surface area contributed by atoms with E-state index in [1.165, 1.54) is 6.92 Å². The van der Waals surface area contributed by atoms with Crippen molar-refractivity contribution in [3.05, 3.63) is 29.8 Å². The minimum absolute atomic E-state index is 0.419. The molecule has 0 saturated heterocycles. The van der Waals surface area contributed by atoms with E-state index in [-0.39, 0.29) is 0 Å². The zero-order chi connectivity index (χ0) is 13.5. The van der Waals surface area contributed by atoms with Gasteiger partial charge in [0.2, 0.25) is 0 Å². The van der Waals surface area contributed by atoms with Gasteiger partial charge in [0, 0.05) is 12.2 Å². The van der Waals surface area contributed by atoms with E-state index in [0.29, 0.717) is 12.2 Å². The van der Waals surface area contributed by atoms with Gasteiger partial charge in [0.15, 0.2) is 0 Å². The highest BCUT2D eigenvalue weighted by Gasteiger charge is 2.15. The number of halogens is 2. The van der Waals surface area contributed by atoms with Crippen LogP contribution in [0.3, 0.4) is 0 Å². The van der Waals surface area contributed by atoms with Crippen molar-refractivity contribution >= 4 is 11.6 Å². The Balaban J connectivity index is 2.47. The molecule has 1 aromatic carbocycles. The summed E-state index contributed by atoms with van der Waals surface area (Å²) in [5, 5.41) is 2.57. The fraction of sp³-hybridized carbons (Fsp3) is 0.417. The van der Waals surface area contributed by atoms with Crippen LogP contribution in [0.4, 0.5) is 14.5 Å². The predicted octanol–water partition coefficient (Wildman–Crippen LogP) is 1.75. The van der Waals surface area contributed by atoms with Crippen LogP contribution < -0.4 is 11.1 Å². The number of hydrogen-bond donors (Lipinski definition) is 2. The Hall–Kier alpha value is -1.53. The zero-order valence-electron chi connectivity index (χ0n) is 10.0. The van der Waals surface area contributed by atoms with Crippen molar-refractivity contribution in [3.63, 3.8) is 0 Å². The molecule has 0 bridgehead atoms. The number of nitrogens with one attached hydrogen (secondary N) is 1. The second-order valence-corrected chi connectivity index (χ2v) is 3.76. The van der Waals surface area contributed by atoms with Gasteiger partial charge in [0.1, 0.15) is 12.7 Å². The maximum atomic E-state index is 11.9. The van der Waals surface area contributed by atoms with Crippen molar-refractivity contribution < 1.29 is 18.3 Å². The van der Waals surface area contributed by atoms with Crippen LogP contribution in [0.15, 0.2) is 24.3 Å². The van der Waals surface area contributed by atoms with Crippen molar-refractivity contribution in [1.29, 1.82) is 0 Å². The molecule has 3 N–H and O–H groups in total. The van der Waals surface area contributed by atoms with Crippen LogP contribution in [0, 0.1) is 0 Å². The molecule has 0 fully saturated rings. The number of hydrogen-bond acceptors (Lipinski definition) is 3. The van der Waals surface area contributed by atoms with Gasteiger partial charge in [-0.1, -0.05) is 12.1 Å². The van der Waals surface area contributed by atoms with Gasteiger partial charge in [-0.15, -0.1) is 0 Å². The number of alkyl halides is 2. The third kappa shape index (κ3) is 4.77. The number of rotatable bonds is 6. The molecule has 0 saturated carbocycles. The molecule has 1 unspecified atom stereocenters. The first kappa shape index (κ1) is 14.5. The summed E-state index contributed by atoms with van der Waals surface area (Å²) in [5.41, 5.74) is 6.95. The van der Waals surface area contributed by atoms with E-state index < -0.39 is 25.0 Å². The first-order valence-electron chi connectivity index (χ1n) is 5.52. The second-order valence-electron chi connectivity index (χ2n) is 3.76. The van der Waals surface area contributed by atoms with Crippen LogP contribution in [0.5, 0.6) is 0 Å². The highest BCUT2D eigenvalue weighted by molar-refractivity contribution is 5.93. The number of amides is 1. The highest BCUT2D eigenvalue weighted by atomic mass is 19.3. The molecule has 6 heteroatoms. The molecular formula is C12H16F2N2O2. The lowest BCUT2D eigenvalue weighted by Crippen LogP contribution is -2.29. The highest BCUT2D eigenvalue weighted by Crippen LogP contribution is 2.10. The third-order valence-corrected chi connectivity index (χ3v) is 2.30. The molecule has 0 heterocycles. The Labute approximate surface area is 104 Å². The van der Waals surface area contributed by atoms with Crippen LogP contribution in [-0.4, -0.2) is 25.0 Å². The fourth-order valence-electron chi connectivity index (χ4n) is 1.26. The average Bonchev–Trinajstić information content (AvgIpc) is 2.36.